The maximum absolute atomic E-state index is 10.3. The van der Waals surface area contributed by atoms with Crippen molar-refractivity contribution in [2.24, 2.45) is 0 Å². The molecule has 0 spiro atoms. The van der Waals surface area contributed by atoms with Crippen LogP contribution in [0.1, 0.15) is 25.3 Å². The molecule has 1 aliphatic heterocycles. The van der Waals surface area contributed by atoms with Crippen LogP contribution in [-0.4, -0.2) is 30.9 Å². The van der Waals surface area contributed by atoms with Crippen molar-refractivity contribution in [2.45, 2.75) is 31.5 Å². The lowest BCUT2D eigenvalue weighted by molar-refractivity contribution is -0.144. The third-order valence-corrected chi connectivity index (χ3v) is 3.38. The predicted octanol–water partition coefficient (Wildman–Crippen LogP) is 1.66. The molecular weight excluding hydrogens is 214 g/mol. The zero-order chi connectivity index (χ0) is 12.1. The molecule has 1 aliphatic rings. The zero-order valence-corrected chi connectivity index (χ0v) is 10.4. The van der Waals surface area contributed by atoms with E-state index in [1.54, 1.807) is 0 Å². The Balaban J connectivity index is 2.28. The lowest BCUT2D eigenvalue weighted by Gasteiger charge is -2.42. The summed E-state index contributed by atoms with van der Waals surface area (Å²) in [4.78, 5) is 0. The van der Waals surface area contributed by atoms with Gasteiger partial charge in [-0.25, -0.2) is 0 Å². The third-order valence-electron chi connectivity index (χ3n) is 3.38. The quantitative estimate of drug-likeness (QED) is 0.834. The molecule has 2 N–H and O–H groups in total. The second kappa shape index (κ2) is 5.63. The van der Waals surface area contributed by atoms with Gasteiger partial charge < -0.3 is 15.2 Å². The Labute approximate surface area is 103 Å². The van der Waals surface area contributed by atoms with Gasteiger partial charge in [-0.05, 0) is 24.9 Å². The van der Waals surface area contributed by atoms with Crippen molar-refractivity contribution in [1.82, 2.24) is 5.32 Å². The Morgan fingerprint density at radius 2 is 2.18 bits per heavy atom. The minimum absolute atomic E-state index is 0.481. The number of ether oxygens (including phenoxy) is 1. The minimum atomic E-state index is -0.525. The standard InChI is InChI=1S/C14H21NO2/c1-2-10-17-14(8-9-15-11-13(14)16)12-6-4-3-5-7-12/h3-7,13,15-16H,2,8-11H2,1H3/t13-,14-/m1/s1. The number of hydrogen-bond acceptors (Lipinski definition) is 3. The molecule has 1 heterocycles. The van der Waals surface area contributed by atoms with E-state index in [2.05, 4.69) is 12.2 Å². The SMILES string of the molecule is CCCO[C@@]1(c2ccccc2)CCNC[C@H]1O. The fraction of sp³-hybridized carbons (Fsp3) is 0.571. The number of aliphatic hydroxyl groups is 1. The second-order valence-corrected chi connectivity index (χ2v) is 4.57. The predicted molar refractivity (Wildman–Crippen MR) is 67.9 cm³/mol. The number of rotatable bonds is 4. The summed E-state index contributed by atoms with van der Waals surface area (Å²) < 4.78 is 6.03. The Bertz CT molecular complexity index is 341. The number of nitrogens with one attached hydrogen (secondary N) is 1. The first-order chi connectivity index (χ1) is 8.29. The van der Waals surface area contributed by atoms with Crippen molar-refractivity contribution in [3.05, 3.63) is 35.9 Å². The molecule has 0 aliphatic carbocycles. The van der Waals surface area contributed by atoms with E-state index in [-0.39, 0.29) is 0 Å². The van der Waals surface area contributed by atoms with Gasteiger partial charge in [0.15, 0.2) is 0 Å². The van der Waals surface area contributed by atoms with Crippen molar-refractivity contribution in [1.29, 1.82) is 0 Å². The highest BCUT2D eigenvalue weighted by atomic mass is 16.5. The van der Waals surface area contributed by atoms with E-state index < -0.39 is 11.7 Å². The van der Waals surface area contributed by atoms with Crippen LogP contribution in [-0.2, 0) is 10.3 Å². The van der Waals surface area contributed by atoms with Crippen molar-refractivity contribution >= 4 is 0 Å². The molecule has 0 aromatic heterocycles. The van der Waals surface area contributed by atoms with Crippen LogP contribution in [0.15, 0.2) is 30.3 Å². The van der Waals surface area contributed by atoms with Gasteiger partial charge in [-0.3, -0.25) is 0 Å². The lowest BCUT2D eigenvalue weighted by atomic mass is 9.82. The fourth-order valence-electron chi connectivity index (χ4n) is 2.44. The molecule has 0 saturated carbocycles. The van der Waals surface area contributed by atoms with Crippen LogP contribution in [0.25, 0.3) is 0 Å². The van der Waals surface area contributed by atoms with Crippen molar-refractivity contribution in [3.63, 3.8) is 0 Å². The van der Waals surface area contributed by atoms with Gasteiger partial charge in [-0.2, -0.15) is 0 Å². The lowest BCUT2D eigenvalue weighted by Crippen LogP contribution is -2.53. The molecule has 1 saturated heterocycles. The van der Waals surface area contributed by atoms with E-state index in [0.29, 0.717) is 13.2 Å². The highest BCUT2D eigenvalue weighted by Gasteiger charge is 2.42. The monoisotopic (exact) mass is 235 g/mol. The van der Waals surface area contributed by atoms with Crippen molar-refractivity contribution < 1.29 is 9.84 Å². The third kappa shape index (κ3) is 2.51. The average molecular weight is 235 g/mol. The van der Waals surface area contributed by atoms with Gasteiger partial charge in [0.25, 0.3) is 0 Å². The van der Waals surface area contributed by atoms with Gasteiger partial charge >= 0.3 is 0 Å². The summed E-state index contributed by atoms with van der Waals surface area (Å²) in [6, 6.07) is 10.1. The number of piperidine rings is 1. The fourth-order valence-corrected chi connectivity index (χ4v) is 2.44. The van der Waals surface area contributed by atoms with Gasteiger partial charge in [0.2, 0.25) is 0 Å². The highest BCUT2D eigenvalue weighted by Crippen LogP contribution is 2.35. The molecule has 94 valence electrons. The zero-order valence-electron chi connectivity index (χ0n) is 10.4. The summed E-state index contributed by atoms with van der Waals surface area (Å²) in [6.45, 7) is 4.26. The maximum atomic E-state index is 10.3. The first-order valence-electron chi connectivity index (χ1n) is 6.38. The van der Waals surface area contributed by atoms with Gasteiger partial charge in [-0.15, -0.1) is 0 Å². The van der Waals surface area contributed by atoms with Crippen LogP contribution in [0.4, 0.5) is 0 Å². The number of hydrogen-bond donors (Lipinski definition) is 2. The first-order valence-corrected chi connectivity index (χ1v) is 6.38. The molecule has 0 amide bonds. The van der Waals surface area contributed by atoms with Gasteiger partial charge in [-0.1, -0.05) is 37.3 Å². The summed E-state index contributed by atoms with van der Waals surface area (Å²) in [5.74, 6) is 0. The Morgan fingerprint density at radius 1 is 1.41 bits per heavy atom. The van der Waals surface area contributed by atoms with E-state index in [4.69, 9.17) is 4.74 Å². The molecule has 0 radical (unpaired) electrons. The largest absolute Gasteiger partial charge is 0.388 e. The van der Waals surface area contributed by atoms with Gasteiger partial charge in [0.1, 0.15) is 5.60 Å². The smallest absolute Gasteiger partial charge is 0.121 e. The van der Waals surface area contributed by atoms with Crippen LogP contribution >= 0.6 is 0 Å². The summed E-state index contributed by atoms with van der Waals surface area (Å²) in [7, 11) is 0. The molecule has 17 heavy (non-hydrogen) atoms. The van der Waals surface area contributed by atoms with Crippen LogP contribution in [0, 0.1) is 0 Å². The summed E-state index contributed by atoms with van der Waals surface area (Å²) in [6.07, 6.45) is 1.30. The Hall–Kier alpha value is -0.900. The molecular formula is C14H21NO2. The van der Waals surface area contributed by atoms with Crippen LogP contribution in [0.5, 0.6) is 0 Å². The summed E-state index contributed by atoms with van der Waals surface area (Å²) >= 11 is 0. The maximum Gasteiger partial charge on any atom is 0.121 e. The summed E-state index contributed by atoms with van der Waals surface area (Å²) in [5, 5.41) is 13.5. The van der Waals surface area contributed by atoms with Crippen molar-refractivity contribution in [3.8, 4) is 0 Å². The van der Waals surface area contributed by atoms with Gasteiger partial charge in [0.05, 0.1) is 6.10 Å². The Morgan fingerprint density at radius 3 is 2.82 bits per heavy atom. The molecule has 1 aromatic carbocycles. The van der Waals surface area contributed by atoms with Gasteiger partial charge in [0, 0.05) is 13.2 Å². The first kappa shape index (κ1) is 12.6. The van der Waals surface area contributed by atoms with E-state index in [1.165, 1.54) is 0 Å². The van der Waals surface area contributed by atoms with Crippen molar-refractivity contribution in [2.75, 3.05) is 19.7 Å². The molecule has 0 unspecified atom stereocenters. The van der Waals surface area contributed by atoms with E-state index in [0.717, 1.165) is 24.9 Å². The van der Waals surface area contributed by atoms with Crippen LogP contribution < -0.4 is 5.32 Å². The molecule has 2 rings (SSSR count). The Kier molecular flexibility index (Phi) is 4.15. The minimum Gasteiger partial charge on any atom is -0.388 e. The number of aliphatic hydroxyl groups excluding tert-OH is 1. The normalized spacial score (nSPS) is 29.2. The topological polar surface area (TPSA) is 41.5 Å². The second-order valence-electron chi connectivity index (χ2n) is 4.57. The molecule has 0 bridgehead atoms. The van der Waals surface area contributed by atoms with E-state index in [1.807, 2.05) is 30.3 Å². The summed E-state index contributed by atoms with van der Waals surface area (Å²) in [5.41, 5.74) is 0.560. The molecule has 3 nitrogen and oxygen atoms in total. The average Bonchev–Trinajstić information content (AvgIpc) is 2.39. The highest BCUT2D eigenvalue weighted by molar-refractivity contribution is 5.25. The molecule has 2 atom stereocenters. The molecule has 3 heteroatoms. The molecule has 1 fully saturated rings. The van der Waals surface area contributed by atoms with Crippen LogP contribution in [0.2, 0.25) is 0 Å². The van der Waals surface area contributed by atoms with E-state index in [9.17, 15) is 5.11 Å². The van der Waals surface area contributed by atoms with E-state index >= 15 is 0 Å². The molecule has 1 aromatic rings. The number of β-amino-alcohol motifs (C(OH)–C–C–N with tert-alkyl or cyclic N) is 1. The number of benzene rings is 1. The van der Waals surface area contributed by atoms with Crippen LogP contribution in [0.3, 0.4) is 0 Å².